The van der Waals surface area contributed by atoms with Gasteiger partial charge in [0.25, 0.3) is 0 Å². The number of hydrogen-bond donors (Lipinski definition) is 1. The zero-order valence-corrected chi connectivity index (χ0v) is 19.7. The molecule has 2 heterocycles. The number of benzene rings is 2. The highest BCUT2D eigenvalue weighted by molar-refractivity contribution is 14.0. The van der Waals surface area contributed by atoms with Crippen molar-refractivity contribution in [3.8, 4) is 11.5 Å². The van der Waals surface area contributed by atoms with Crippen LogP contribution in [0.4, 0.5) is 0 Å². The molecule has 1 atom stereocenters. The maximum absolute atomic E-state index is 5.86. The van der Waals surface area contributed by atoms with E-state index in [-0.39, 0.29) is 24.0 Å². The Hall–Kier alpha value is -2.55. The second kappa shape index (κ2) is 10.5. The molecular weight excluding hydrogens is 489 g/mol. The van der Waals surface area contributed by atoms with E-state index in [9.17, 15) is 0 Å². The lowest BCUT2D eigenvalue weighted by atomic mass is 10.0. The fourth-order valence-corrected chi connectivity index (χ4v) is 3.69. The molecule has 1 aliphatic rings. The third-order valence-corrected chi connectivity index (χ3v) is 5.25. The van der Waals surface area contributed by atoms with Gasteiger partial charge in [0.05, 0.1) is 6.20 Å². The molecule has 7 heteroatoms. The highest BCUT2D eigenvalue weighted by Gasteiger charge is 2.26. The molecule has 1 saturated heterocycles. The number of hydrogen-bond acceptors (Lipinski definition) is 3. The number of rotatable bonds is 5. The number of aryl methyl sites for hydroxylation is 1. The van der Waals surface area contributed by atoms with Crippen LogP contribution >= 0.6 is 24.0 Å². The van der Waals surface area contributed by atoms with E-state index in [0.29, 0.717) is 5.92 Å². The maximum atomic E-state index is 5.86. The smallest absolute Gasteiger partial charge is 0.193 e. The lowest BCUT2D eigenvalue weighted by Gasteiger charge is -2.21. The van der Waals surface area contributed by atoms with Gasteiger partial charge in [0, 0.05) is 45.8 Å². The van der Waals surface area contributed by atoms with Crippen molar-refractivity contribution in [2.24, 2.45) is 12.0 Å². The van der Waals surface area contributed by atoms with E-state index in [1.165, 1.54) is 11.1 Å². The summed E-state index contributed by atoms with van der Waals surface area (Å²) in [4.78, 5) is 6.80. The molecule has 0 saturated carbocycles. The van der Waals surface area contributed by atoms with E-state index >= 15 is 0 Å². The van der Waals surface area contributed by atoms with Crippen LogP contribution in [0.15, 0.2) is 72.0 Å². The number of nitrogens with one attached hydrogen (secondary N) is 1. The number of nitrogens with zero attached hydrogens (tertiary/aromatic N) is 4. The molecule has 2 aromatic carbocycles. The zero-order valence-electron chi connectivity index (χ0n) is 17.4. The molecule has 6 nitrogen and oxygen atoms in total. The lowest BCUT2D eigenvalue weighted by Crippen LogP contribution is -2.39. The molecule has 1 fully saturated rings. The summed E-state index contributed by atoms with van der Waals surface area (Å²) in [5.74, 6) is 3.14. The van der Waals surface area contributed by atoms with Gasteiger partial charge in [0.2, 0.25) is 0 Å². The van der Waals surface area contributed by atoms with Crippen LogP contribution in [-0.2, 0) is 13.6 Å². The molecule has 0 aliphatic carbocycles. The van der Waals surface area contributed by atoms with Crippen LogP contribution < -0.4 is 10.1 Å². The van der Waals surface area contributed by atoms with Crippen molar-refractivity contribution < 1.29 is 4.74 Å². The second-order valence-corrected chi connectivity index (χ2v) is 7.34. The van der Waals surface area contributed by atoms with Gasteiger partial charge in [0.1, 0.15) is 11.5 Å². The van der Waals surface area contributed by atoms with Crippen molar-refractivity contribution in [3.05, 3.63) is 78.1 Å². The van der Waals surface area contributed by atoms with Crippen LogP contribution in [0.1, 0.15) is 23.5 Å². The number of likely N-dealkylation sites (tertiary alicyclic amines) is 1. The first-order valence-electron chi connectivity index (χ1n) is 9.97. The SMILES string of the molecule is CN=C(NCc1ccc(Oc2ccccc2)cc1)N1CCC(c2cnn(C)c2)C1.I. The van der Waals surface area contributed by atoms with Gasteiger partial charge in [-0.2, -0.15) is 5.10 Å². The summed E-state index contributed by atoms with van der Waals surface area (Å²) in [7, 11) is 3.81. The molecule has 1 N–H and O–H groups in total. The van der Waals surface area contributed by atoms with Gasteiger partial charge in [-0.1, -0.05) is 30.3 Å². The molecule has 1 aromatic heterocycles. The first-order chi connectivity index (χ1) is 14.2. The maximum Gasteiger partial charge on any atom is 0.193 e. The molecular formula is C23H28IN5O. The Bertz CT molecular complexity index is 955. The molecule has 0 amide bonds. The van der Waals surface area contributed by atoms with Crippen molar-refractivity contribution >= 4 is 29.9 Å². The summed E-state index contributed by atoms with van der Waals surface area (Å²) >= 11 is 0. The van der Waals surface area contributed by atoms with E-state index in [2.05, 4.69) is 38.6 Å². The minimum Gasteiger partial charge on any atom is -0.457 e. The van der Waals surface area contributed by atoms with Crippen molar-refractivity contribution in [2.45, 2.75) is 18.9 Å². The van der Waals surface area contributed by atoms with Gasteiger partial charge in [-0.3, -0.25) is 9.67 Å². The molecule has 4 rings (SSSR count). The minimum atomic E-state index is 0. The molecule has 0 radical (unpaired) electrons. The standard InChI is InChI=1S/C23H27N5O.HI/c1-24-23(28-13-12-19(17-28)20-15-26-27(2)16-20)25-14-18-8-10-22(11-9-18)29-21-6-4-3-5-7-21;/h3-11,15-16,19H,12-14,17H2,1-2H3,(H,24,25);1H. The van der Waals surface area contributed by atoms with E-state index < -0.39 is 0 Å². The molecule has 1 unspecified atom stereocenters. The normalized spacial score (nSPS) is 16.3. The summed E-state index contributed by atoms with van der Waals surface area (Å²) in [6, 6.07) is 18.0. The Morgan fingerprint density at radius 1 is 1.13 bits per heavy atom. The van der Waals surface area contributed by atoms with E-state index in [1.807, 2.05) is 67.4 Å². The van der Waals surface area contributed by atoms with Crippen LogP contribution in [0.2, 0.25) is 0 Å². The average molecular weight is 517 g/mol. The number of halogens is 1. The monoisotopic (exact) mass is 517 g/mol. The molecule has 1 aliphatic heterocycles. The van der Waals surface area contributed by atoms with Crippen LogP contribution in [0, 0.1) is 0 Å². The molecule has 0 bridgehead atoms. The van der Waals surface area contributed by atoms with Gasteiger partial charge in [0.15, 0.2) is 5.96 Å². The van der Waals surface area contributed by atoms with E-state index in [1.54, 1.807) is 0 Å². The summed E-state index contributed by atoms with van der Waals surface area (Å²) < 4.78 is 7.73. The van der Waals surface area contributed by atoms with E-state index in [0.717, 1.165) is 43.5 Å². The Labute approximate surface area is 195 Å². The fourth-order valence-electron chi connectivity index (χ4n) is 3.69. The third-order valence-electron chi connectivity index (χ3n) is 5.25. The number of ether oxygens (including phenoxy) is 1. The predicted molar refractivity (Wildman–Crippen MR) is 131 cm³/mol. The first kappa shape index (κ1) is 22.1. The Morgan fingerprint density at radius 3 is 2.53 bits per heavy atom. The highest BCUT2D eigenvalue weighted by atomic mass is 127. The van der Waals surface area contributed by atoms with Gasteiger partial charge in [-0.15, -0.1) is 24.0 Å². The Kier molecular flexibility index (Phi) is 7.73. The molecule has 158 valence electrons. The van der Waals surface area contributed by atoms with E-state index in [4.69, 9.17) is 4.74 Å². The third kappa shape index (κ3) is 5.53. The predicted octanol–water partition coefficient (Wildman–Crippen LogP) is 4.40. The van der Waals surface area contributed by atoms with Crippen LogP contribution in [0.5, 0.6) is 11.5 Å². The largest absolute Gasteiger partial charge is 0.457 e. The van der Waals surface area contributed by atoms with Crippen LogP contribution in [-0.4, -0.2) is 40.8 Å². The van der Waals surface area contributed by atoms with Crippen molar-refractivity contribution in [1.82, 2.24) is 20.0 Å². The van der Waals surface area contributed by atoms with Crippen molar-refractivity contribution in [3.63, 3.8) is 0 Å². The Morgan fingerprint density at radius 2 is 1.87 bits per heavy atom. The fraction of sp³-hybridized carbons (Fsp3) is 0.304. The van der Waals surface area contributed by atoms with Gasteiger partial charge >= 0.3 is 0 Å². The first-order valence-corrected chi connectivity index (χ1v) is 9.97. The van der Waals surface area contributed by atoms with Crippen molar-refractivity contribution in [2.75, 3.05) is 20.1 Å². The topological polar surface area (TPSA) is 54.7 Å². The van der Waals surface area contributed by atoms with Crippen LogP contribution in [0.3, 0.4) is 0 Å². The Balaban J connectivity index is 0.00000256. The van der Waals surface area contributed by atoms with Gasteiger partial charge < -0.3 is 15.0 Å². The van der Waals surface area contributed by atoms with Gasteiger partial charge in [-0.05, 0) is 41.8 Å². The average Bonchev–Trinajstić information content (AvgIpc) is 3.40. The van der Waals surface area contributed by atoms with Crippen molar-refractivity contribution in [1.29, 1.82) is 0 Å². The summed E-state index contributed by atoms with van der Waals surface area (Å²) in [5.41, 5.74) is 2.49. The number of aliphatic imine (C=N–C) groups is 1. The number of para-hydroxylation sites is 1. The second-order valence-electron chi connectivity index (χ2n) is 7.34. The minimum absolute atomic E-state index is 0. The molecule has 0 spiro atoms. The zero-order chi connectivity index (χ0) is 20.1. The quantitative estimate of drug-likeness (QED) is 0.310. The lowest BCUT2D eigenvalue weighted by molar-refractivity contribution is 0.481. The summed E-state index contributed by atoms with van der Waals surface area (Å²) in [6.45, 7) is 2.70. The van der Waals surface area contributed by atoms with Gasteiger partial charge in [-0.25, -0.2) is 0 Å². The highest BCUT2D eigenvalue weighted by Crippen LogP contribution is 2.26. The number of guanidine groups is 1. The molecule has 30 heavy (non-hydrogen) atoms. The van der Waals surface area contributed by atoms with Crippen LogP contribution in [0.25, 0.3) is 0 Å². The molecule has 3 aromatic rings. The summed E-state index contributed by atoms with van der Waals surface area (Å²) in [5, 5.41) is 7.79. The number of aromatic nitrogens is 2. The summed E-state index contributed by atoms with van der Waals surface area (Å²) in [6.07, 6.45) is 5.21.